The van der Waals surface area contributed by atoms with Crippen molar-refractivity contribution in [3.63, 3.8) is 0 Å². The molecule has 0 saturated carbocycles. The first-order chi connectivity index (χ1) is 12.2. The van der Waals surface area contributed by atoms with Crippen LogP contribution in [-0.2, 0) is 6.54 Å². The van der Waals surface area contributed by atoms with Crippen molar-refractivity contribution in [2.24, 2.45) is 5.41 Å². The van der Waals surface area contributed by atoms with Crippen molar-refractivity contribution < 1.29 is 0 Å². The Labute approximate surface area is 151 Å². The maximum atomic E-state index is 4.49. The zero-order chi connectivity index (χ0) is 17.1. The molecule has 2 aromatic rings. The lowest BCUT2D eigenvalue weighted by molar-refractivity contribution is 0.0215. The summed E-state index contributed by atoms with van der Waals surface area (Å²) in [6.07, 6.45) is 5.88. The van der Waals surface area contributed by atoms with Crippen LogP contribution < -0.4 is 0 Å². The first-order valence-corrected chi connectivity index (χ1v) is 9.58. The van der Waals surface area contributed by atoms with Gasteiger partial charge in [-0.25, -0.2) is 0 Å². The Kier molecular flexibility index (Phi) is 4.87. The summed E-state index contributed by atoms with van der Waals surface area (Å²) in [6, 6.07) is 17.4. The third kappa shape index (κ3) is 3.94. The number of hydrogen-bond donors (Lipinski definition) is 0. The molecule has 3 heteroatoms. The van der Waals surface area contributed by atoms with E-state index in [0.717, 1.165) is 6.54 Å². The highest BCUT2D eigenvalue weighted by atomic mass is 15.2. The lowest BCUT2D eigenvalue weighted by Gasteiger charge is -2.49. The number of rotatable bonds is 3. The van der Waals surface area contributed by atoms with Crippen LogP contribution in [0.15, 0.2) is 54.7 Å². The molecule has 1 aromatic heterocycles. The number of hydrogen-bond acceptors (Lipinski definition) is 3. The lowest BCUT2D eigenvalue weighted by atomic mass is 9.68. The quantitative estimate of drug-likeness (QED) is 0.851. The second kappa shape index (κ2) is 7.27. The molecule has 0 unspecified atom stereocenters. The lowest BCUT2D eigenvalue weighted by Crippen LogP contribution is -2.50. The topological polar surface area (TPSA) is 19.4 Å². The Morgan fingerprint density at radius 1 is 1.04 bits per heavy atom. The minimum atomic E-state index is 0.494. The van der Waals surface area contributed by atoms with Gasteiger partial charge in [0.05, 0.1) is 5.69 Å². The standard InChI is InChI=1S/C22H29N3/c1-24-16-20(19-7-3-2-4-8-19)15-22(18-24)10-13-25(14-11-22)17-21-9-5-6-12-23-21/h2-9,12,20H,10-11,13-18H2,1H3/t20-/m0/s1. The number of likely N-dealkylation sites (N-methyl/N-ethyl adjacent to an activating group) is 1. The molecule has 25 heavy (non-hydrogen) atoms. The largest absolute Gasteiger partial charge is 0.305 e. The Morgan fingerprint density at radius 2 is 1.80 bits per heavy atom. The fraction of sp³-hybridized carbons (Fsp3) is 0.500. The number of nitrogens with zero attached hydrogens (tertiary/aromatic N) is 3. The summed E-state index contributed by atoms with van der Waals surface area (Å²) in [7, 11) is 2.30. The molecule has 2 saturated heterocycles. The molecule has 1 atom stereocenters. The van der Waals surface area contributed by atoms with Gasteiger partial charge in [0.25, 0.3) is 0 Å². The van der Waals surface area contributed by atoms with Gasteiger partial charge in [-0.2, -0.15) is 0 Å². The molecule has 1 aromatic carbocycles. The van der Waals surface area contributed by atoms with E-state index in [-0.39, 0.29) is 0 Å². The molecule has 2 fully saturated rings. The molecular formula is C22H29N3. The maximum absolute atomic E-state index is 4.49. The van der Waals surface area contributed by atoms with Crippen LogP contribution in [0, 0.1) is 5.41 Å². The third-order valence-corrected chi connectivity index (χ3v) is 6.12. The van der Waals surface area contributed by atoms with E-state index in [4.69, 9.17) is 0 Å². The van der Waals surface area contributed by atoms with Gasteiger partial charge in [0.15, 0.2) is 0 Å². The predicted molar refractivity (Wildman–Crippen MR) is 102 cm³/mol. The van der Waals surface area contributed by atoms with E-state index in [1.165, 1.54) is 56.7 Å². The van der Waals surface area contributed by atoms with Crippen LogP contribution in [0.2, 0.25) is 0 Å². The number of pyridine rings is 1. The molecule has 0 aliphatic carbocycles. The molecule has 2 aliphatic rings. The van der Waals surface area contributed by atoms with Gasteiger partial charge in [-0.15, -0.1) is 0 Å². The van der Waals surface area contributed by atoms with Crippen molar-refractivity contribution in [1.82, 2.24) is 14.8 Å². The van der Waals surface area contributed by atoms with Crippen LogP contribution in [0.4, 0.5) is 0 Å². The number of likely N-dealkylation sites (tertiary alicyclic amines) is 2. The highest BCUT2D eigenvalue weighted by Gasteiger charge is 2.41. The molecule has 4 rings (SSSR count). The summed E-state index contributed by atoms with van der Waals surface area (Å²) >= 11 is 0. The van der Waals surface area contributed by atoms with Gasteiger partial charge in [0, 0.05) is 25.8 Å². The first-order valence-electron chi connectivity index (χ1n) is 9.58. The van der Waals surface area contributed by atoms with Gasteiger partial charge in [-0.3, -0.25) is 9.88 Å². The first kappa shape index (κ1) is 16.7. The second-order valence-electron chi connectivity index (χ2n) is 8.11. The van der Waals surface area contributed by atoms with Gasteiger partial charge in [0.1, 0.15) is 0 Å². The molecule has 0 N–H and O–H groups in total. The fourth-order valence-electron chi connectivity index (χ4n) is 4.88. The van der Waals surface area contributed by atoms with Gasteiger partial charge >= 0.3 is 0 Å². The average Bonchev–Trinajstić information content (AvgIpc) is 2.65. The molecule has 2 aliphatic heterocycles. The van der Waals surface area contributed by atoms with Crippen molar-refractivity contribution in [2.75, 3.05) is 33.2 Å². The van der Waals surface area contributed by atoms with E-state index in [1.54, 1.807) is 0 Å². The van der Waals surface area contributed by atoms with E-state index in [1.807, 2.05) is 12.3 Å². The number of aromatic nitrogens is 1. The van der Waals surface area contributed by atoms with Crippen LogP contribution in [0.5, 0.6) is 0 Å². The van der Waals surface area contributed by atoms with E-state index in [0.29, 0.717) is 11.3 Å². The average molecular weight is 335 g/mol. The summed E-state index contributed by atoms with van der Waals surface area (Å²) < 4.78 is 0. The van der Waals surface area contributed by atoms with Crippen LogP contribution in [0.3, 0.4) is 0 Å². The number of benzene rings is 1. The second-order valence-corrected chi connectivity index (χ2v) is 8.11. The number of piperidine rings is 2. The molecule has 3 heterocycles. The molecule has 0 amide bonds. The summed E-state index contributed by atoms with van der Waals surface area (Å²) in [5.41, 5.74) is 3.21. The molecule has 1 spiro atoms. The fourth-order valence-corrected chi connectivity index (χ4v) is 4.88. The highest BCUT2D eigenvalue weighted by Crippen LogP contribution is 2.44. The molecule has 132 valence electrons. The Bertz CT molecular complexity index is 662. The molecule has 0 radical (unpaired) electrons. The molecule has 3 nitrogen and oxygen atoms in total. The van der Waals surface area contributed by atoms with Crippen molar-refractivity contribution in [3.05, 3.63) is 66.0 Å². The van der Waals surface area contributed by atoms with Crippen LogP contribution in [-0.4, -0.2) is 48.0 Å². The van der Waals surface area contributed by atoms with Gasteiger partial charge in [-0.05, 0) is 68.4 Å². The van der Waals surface area contributed by atoms with E-state index in [9.17, 15) is 0 Å². The Balaban J connectivity index is 1.41. The van der Waals surface area contributed by atoms with Crippen molar-refractivity contribution in [3.8, 4) is 0 Å². The van der Waals surface area contributed by atoms with Gasteiger partial charge < -0.3 is 4.90 Å². The van der Waals surface area contributed by atoms with E-state index in [2.05, 4.69) is 64.3 Å². The Morgan fingerprint density at radius 3 is 2.52 bits per heavy atom. The Hall–Kier alpha value is -1.71. The van der Waals surface area contributed by atoms with Crippen LogP contribution in [0.25, 0.3) is 0 Å². The summed E-state index contributed by atoms with van der Waals surface area (Å²) in [5.74, 6) is 0.683. The molecular weight excluding hydrogens is 306 g/mol. The smallest absolute Gasteiger partial charge is 0.0543 e. The van der Waals surface area contributed by atoms with E-state index >= 15 is 0 Å². The van der Waals surface area contributed by atoms with Gasteiger partial charge in [0.2, 0.25) is 0 Å². The monoisotopic (exact) mass is 335 g/mol. The highest BCUT2D eigenvalue weighted by molar-refractivity contribution is 5.21. The van der Waals surface area contributed by atoms with Crippen LogP contribution >= 0.6 is 0 Å². The zero-order valence-corrected chi connectivity index (χ0v) is 15.3. The summed E-state index contributed by atoms with van der Waals surface area (Å²) in [5, 5.41) is 0. The molecule has 0 bridgehead atoms. The third-order valence-electron chi connectivity index (χ3n) is 6.12. The SMILES string of the molecule is CN1C[C@@H](c2ccccc2)CC2(CCN(Cc3ccccn3)CC2)C1. The maximum Gasteiger partial charge on any atom is 0.0543 e. The van der Waals surface area contributed by atoms with Crippen LogP contribution in [0.1, 0.15) is 36.4 Å². The van der Waals surface area contributed by atoms with Crippen molar-refractivity contribution in [2.45, 2.75) is 31.7 Å². The summed E-state index contributed by atoms with van der Waals surface area (Å²) in [4.78, 5) is 9.64. The van der Waals surface area contributed by atoms with E-state index < -0.39 is 0 Å². The van der Waals surface area contributed by atoms with Crippen molar-refractivity contribution >= 4 is 0 Å². The van der Waals surface area contributed by atoms with Gasteiger partial charge in [-0.1, -0.05) is 36.4 Å². The zero-order valence-electron chi connectivity index (χ0n) is 15.3. The normalized spacial score (nSPS) is 24.4. The predicted octanol–water partition coefficient (Wildman–Crippen LogP) is 3.78. The minimum Gasteiger partial charge on any atom is -0.305 e. The summed E-state index contributed by atoms with van der Waals surface area (Å²) in [6.45, 7) is 5.85. The minimum absolute atomic E-state index is 0.494. The van der Waals surface area contributed by atoms with Crippen molar-refractivity contribution in [1.29, 1.82) is 0 Å².